The van der Waals surface area contributed by atoms with Gasteiger partial charge in [0.15, 0.2) is 0 Å². The maximum atomic E-state index is 6.87. The van der Waals surface area contributed by atoms with Crippen molar-refractivity contribution in [3.63, 3.8) is 0 Å². The molecule has 2 nitrogen and oxygen atoms in total. The Kier molecular flexibility index (Phi) is 9.56. The van der Waals surface area contributed by atoms with E-state index in [1.807, 2.05) is 25.1 Å². The minimum Gasteiger partial charge on any atom is -0.309 e. The molecule has 5 aromatic carbocycles. The summed E-state index contributed by atoms with van der Waals surface area (Å²) in [4.78, 5) is 0. The summed E-state index contributed by atoms with van der Waals surface area (Å²) in [6.45, 7) is 22.4. The lowest BCUT2D eigenvalue weighted by Crippen LogP contribution is -2.55. The smallest absolute Gasteiger partial charge is 0.113 e. The Balaban J connectivity index is 1.79. The van der Waals surface area contributed by atoms with Crippen LogP contribution in [-0.4, -0.2) is 48.4 Å². The zero-order chi connectivity index (χ0) is 40.8. The topological polar surface area (TPSA) is 9.86 Å². The third-order valence-corrected chi connectivity index (χ3v) is 11.2. The minimum absolute atomic E-state index is 0.0982. The molecule has 7 rings (SSSR count). The summed E-state index contributed by atoms with van der Waals surface area (Å²) in [5, 5.41) is 3.07. The van der Waals surface area contributed by atoms with Crippen molar-refractivity contribution in [2.24, 2.45) is 0 Å². The van der Waals surface area contributed by atoms with Crippen molar-refractivity contribution in [3.8, 4) is 34.8 Å². The molecule has 0 aliphatic carbocycles. The molecular weight excluding hydrogens is 671 g/mol. The Bertz CT molecular complexity index is 2760. The van der Waals surface area contributed by atoms with Gasteiger partial charge >= 0.3 is 0 Å². The zero-order valence-electron chi connectivity index (χ0n) is 34.4. The van der Waals surface area contributed by atoms with Gasteiger partial charge in [0.2, 0.25) is 0 Å². The fraction of sp³-hybridized carbons (Fsp3) is 0.265. The van der Waals surface area contributed by atoms with E-state index in [0.717, 1.165) is 66.5 Å². The maximum Gasteiger partial charge on any atom is 0.113 e. The number of para-hydroxylation sites is 1. The van der Waals surface area contributed by atoms with Crippen LogP contribution in [0.15, 0.2) is 78.9 Å². The van der Waals surface area contributed by atoms with Gasteiger partial charge in [0, 0.05) is 21.8 Å². The maximum absolute atomic E-state index is 6.87. The van der Waals surface area contributed by atoms with Crippen LogP contribution in [0.3, 0.4) is 0 Å². The molecule has 7 aromatic rings. The van der Waals surface area contributed by atoms with Crippen LogP contribution in [0.25, 0.3) is 61.3 Å². The van der Waals surface area contributed by atoms with Gasteiger partial charge in [0.1, 0.15) is 39.2 Å². The van der Waals surface area contributed by atoms with Gasteiger partial charge in [-0.2, -0.15) is 0 Å². The van der Waals surface area contributed by atoms with Crippen LogP contribution in [0.4, 0.5) is 0 Å². The molecule has 0 fully saturated rings. The molecule has 0 saturated heterocycles. The van der Waals surface area contributed by atoms with Crippen LogP contribution in [0.2, 0.25) is 0 Å². The number of allylic oxidation sites excluding steroid dienone is 1. The van der Waals surface area contributed by atoms with Crippen LogP contribution < -0.4 is 27.3 Å². The summed E-state index contributed by atoms with van der Waals surface area (Å²) in [6, 6.07) is 26.1. The molecule has 0 spiro atoms. The SMILES string of the molecule is [B]c1c([B])c([B])c(-c2cccc3c2c2c(C(C)(C)C)c(-n4c(/C=C\C)c(C#C)c5ccccc54)ccc2n3-c2cc(C(C)(C)C)cc(C(C)(C)C)c2)c([B])c1[B]. The lowest BCUT2D eigenvalue weighted by molar-refractivity contribution is 0.568. The molecule has 0 unspecified atom stereocenters. The first-order valence-electron chi connectivity index (χ1n) is 19.2. The van der Waals surface area contributed by atoms with Gasteiger partial charge in [0.05, 0.1) is 33.5 Å². The molecule has 0 amide bonds. The normalized spacial score (nSPS) is 12.7. The first kappa shape index (κ1) is 39.3. The van der Waals surface area contributed by atoms with Crippen molar-refractivity contribution in [2.45, 2.75) is 85.5 Å². The number of rotatable bonds is 4. The van der Waals surface area contributed by atoms with Gasteiger partial charge in [-0.15, -0.1) is 22.8 Å². The summed E-state index contributed by atoms with van der Waals surface area (Å²) in [6.07, 6.45) is 10.4. The van der Waals surface area contributed by atoms with Gasteiger partial charge in [-0.25, -0.2) is 0 Å². The molecular formula is C49H45B5N2. The van der Waals surface area contributed by atoms with E-state index in [9.17, 15) is 0 Å². The third-order valence-electron chi connectivity index (χ3n) is 11.2. The Morgan fingerprint density at radius 1 is 0.589 bits per heavy atom. The molecule has 0 bridgehead atoms. The summed E-state index contributed by atoms with van der Waals surface area (Å²) in [5.41, 5.74) is 12.6. The molecule has 2 heterocycles. The highest BCUT2D eigenvalue weighted by molar-refractivity contribution is 6.69. The lowest BCUT2D eigenvalue weighted by Gasteiger charge is -2.27. The number of hydrogen-bond acceptors (Lipinski definition) is 0. The Hall–Kier alpha value is -4.94. The van der Waals surface area contributed by atoms with E-state index in [1.165, 1.54) is 11.1 Å². The van der Waals surface area contributed by atoms with E-state index in [-0.39, 0.29) is 32.6 Å². The van der Waals surface area contributed by atoms with E-state index in [4.69, 9.17) is 45.7 Å². The van der Waals surface area contributed by atoms with E-state index in [1.54, 1.807) is 0 Å². The molecule has 56 heavy (non-hydrogen) atoms. The summed E-state index contributed by atoms with van der Waals surface area (Å²) in [7, 11) is 33.2. The van der Waals surface area contributed by atoms with Crippen molar-refractivity contribution in [1.82, 2.24) is 9.13 Å². The Morgan fingerprint density at radius 2 is 1.14 bits per heavy atom. The highest BCUT2D eigenvalue weighted by Gasteiger charge is 2.31. The zero-order valence-corrected chi connectivity index (χ0v) is 34.4. The van der Waals surface area contributed by atoms with Crippen LogP contribution in [-0.2, 0) is 16.2 Å². The van der Waals surface area contributed by atoms with Gasteiger partial charge in [0.25, 0.3) is 0 Å². The first-order chi connectivity index (χ1) is 26.2. The van der Waals surface area contributed by atoms with E-state index in [0.29, 0.717) is 16.5 Å². The molecule has 7 heteroatoms. The number of nitrogens with zero attached hydrogens (tertiary/aromatic N) is 2. The minimum atomic E-state index is -0.379. The highest BCUT2D eigenvalue weighted by Crippen LogP contribution is 2.46. The molecule has 0 N–H and O–H groups in total. The quantitative estimate of drug-likeness (QED) is 0.134. The number of terminal acetylenes is 1. The fourth-order valence-electron chi connectivity index (χ4n) is 8.30. The van der Waals surface area contributed by atoms with Crippen LogP contribution in [0, 0.1) is 12.3 Å². The second-order valence-corrected chi connectivity index (χ2v) is 18.1. The van der Waals surface area contributed by atoms with E-state index >= 15 is 0 Å². The molecule has 0 aliphatic heterocycles. The van der Waals surface area contributed by atoms with Gasteiger partial charge in [-0.05, 0) is 93.5 Å². The van der Waals surface area contributed by atoms with Crippen molar-refractivity contribution in [2.75, 3.05) is 0 Å². The summed E-state index contributed by atoms with van der Waals surface area (Å²) < 4.78 is 4.71. The fourth-order valence-corrected chi connectivity index (χ4v) is 8.30. The van der Waals surface area contributed by atoms with Crippen LogP contribution in [0.1, 0.15) is 97.2 Å². The predicted octanol–water partition coefficient (Wildman–Crippen LogP) is 7.27. The summed E-state index contributed by atoms with van der Waals surface area (Å²) >= 11 is 0. The van der Waals surface area contributed by atoms with Crippen LogP contribution in [0.5, 0.6) is 0 Å². The van der Waals surface area contributed by atoms with Gasteiger partial charge in [-0.1, -0.05) is 122 Å². The summed E-state index contributed by atoms with van der Waals surface area (Å²) in [5.74, 6) is 3.02. The van der Waals surface area contributed by atoms with Gasteiger partial charge in [-0.3, -0.25) is 0 Å². The van der Waals surface area contributed by atoms with Crippen molar-refractivity contribution in [3.05, 3.63) is 107 Å². The first-order valence-corrected chi connectivity index (χ1v) is 19.2. The molecule has 2 aromatic heterocycles. The standard InChI is InChI=1S/C49H45B5N2/c1-12-17-33-30(13-2)31-18-14-15-20-34(31)56(33)37-23-22-36-40(41(37)49(9,10)11)38-32(39-42(50)44(52)46(54)45(53)43(39)51)19-16-21-35(38)55(36)29-25-27(47(3,4)5)24-28(26-29)48(6,7)8/h2,12,14-26H,1,3-11H3/b17-12-. The van der Waals surface area contributed by atoms with E-state index < -0.39 is 0 Å². The monoisotopic (exact) mass is 716 g/mol. The molecule has 0 aliphatic rings. The second-order valence-electron chi connectivity index (χ2n) is 18.1. The van der Waals surface area contributed by atoms with Crippen molar-refractivity contribution in [1.29, 1.82) is 0 Å². The number of aromatic nitrogens is 2. The average Bonchev–Trinajstić information content (AvgIpc) is 3.64. The molecule has 0 atom stereocenters. The Morgan fingerprint density at radius 3 is 1.70 bits per heavy atom. The third kappa shape index (κ3) is 6.12. The average molecular weight is 716 g/mol. The van der Waals surface area contributed by atoms with Gasteiger partial charge < -0.3 is 9.13 Å². The highest BCUT2D eigenvalue weighted by atomic mass is 15.0. The van der Waals surface area contributed by atoms with Crippen molar-refractivity contribution < 1.29 is 0 Å². The number of hydrogen-bond donors (Lipinski definition) is 0. The number of fused-ring (bicyclic) bond motifs is 4. The van der Waals surface area contributed by atoms with Crippen molar-refractivity contribution >= 4 is 105 Å². The predicted molar refractivity (Wildman–Crippen MR) is 249 cm³/mol. The molecule has 266 valence electrons. The second kappa shape index (κ2) is 13.6. The number of benzene rings is 5. The molecule has 10 radical (unpaired) electrons. The van der Waals surface area contributed by atoms with Crippen LogP contribution >= 0.6 is 0 Å². The van der Waals surface area contributed by atoms with E-state index in [2.05, 4.69) is 144 Å². The largest absolute Gasteiger partial charge is 0.309 e. The lowest BCUT2D eigenvalue weighted by atomic mass is 9.59. The Labute approximate surface area is 340 Å². The molecule has 0 saturated carbocycles.